The summed E-state index contributed by atoms with van der Waals surface area (Å²) in [6, 6.07) is 17.6. The fourth-order valence-corrected chi connectivity index (χ4v) is 4.13. The van der Waals surface area contributed by atoms with Crippen LogP contribution in [0.4, 0.5) is 0 Å². The molecule has 0 radical (unpaired) electrons. The van der Waals surface area contributed by atoms with Gasteiger partial charge >= 0.3 is 0 Å². The average molecular weight is 367 g/mol. The van der Waals surface area contributed by atoms with Crippen LogP contribution in [0.15, 0.2) is 54.6 Å². The lowest BCUT2D eigenvalue weighted by Gasteiger charge is -2.28. The molecule has 2 aromatic carbocycles. The number of nitrogens with two attached hydrogens (primary N) is 1. The van der Waals surface area contributed by atoms with E-state index >= 15 is 0 Å². The predicted molar refractivity (Wildman–Crippen MR) is 101 cm³/mol. The molecule has 2 aromatic rings. The van der Waals surface area contributed by atoms with Gasteiger partial charge in [-0.25, -0.2) is 0 Å². The van der Waals surface area contributed by atoms with Crippen LogP contribution in [-0.4, -0.2) is 17.6 Å². The smallest absolute Gasteiger partial charge is 0.244 e. The Bertz CT molecular complexity index is 801. The number of aryl methyl sites for hydroxylation is 1. The molecule has 0 aromatic heterocycles. The average Bonchev–Trinajstić information content (AvgIpc) is 2.91. The Morgan fingerprint density at radius 1 is 1.19 bits per heavy atom. The second-order valence-corrected chi connectivity index (χ2v) is 7.73. The Morgan fingerprint density at radius 3 is 2.70 bits per heavy atom. The first kappa shape index (κ1) is 18.0. The van der Waals surface area contributed by atoms with Gasteiger partial charge in [0.25, 0.3) is 0 Å². The monoisotopic (exact) mass is 367 g/mol. The Labute approximate surface area is 158 Å². The van der Waals surface area contributed by atoms with Crippen LogP contribution in [0, 0.1) is 0 Å². The molecule has 6 nitrogen and oxygen atoms in total. The van der Waals surface area contributed by atoms with E-state index in [0.717, 1.165) is 24.2 Å². The molecule has 1 fully saturated rings. The fraction of sp³-hybridized carbons (Fsp3) is 0.381. The molecule has 2 aliphatic rings. The lowest BCUT2D eigenvalue weighted by atomic mass is 9.78. The number of primary amides is 1. The number of hydrogen-bond donors (Lipinski definition) is 3. The standard InChI is InChI=1S/C21H25N3O3/c1-20(13-17-12-11-15-7-5-6-10-18(15)26-23-17)14-21(19(22)25,24-27-20)16-8-3-2-4-9-16/h2-10,17,23-24H,11-14H2,1H3,(H2,22,25)/t17-,20?,21+/m0/s1. The van der Waals surface area contributed by atoms with Crippen molar-refractivity contribution >= 4 is 5.91 Å². The van der Waals surface area contributed by atoms with E-state index in [1.54, 1.807) is 0 Å². The molecule has 3 atom stereocenters. The predicted octanol–water partition coefficient (Wildman–Crippen LogP) is 2.34. The highest BCUT2D eigenvalue weighted by molar-refractivity contribution is 5.86. The number of nitrogens with one attached hydrogen (secondary N) is 2. The minimum atomic E-state index is -1.02. The number of hydroxylamine groups is 2. The molecule has 2 heterocycles. The van der Waals surface area contributed by atoms with E-state index in [9.17, 15) is 4.79 Å². The number of carbonyl (C=O) groups is 1. The van der Waals surface area contributed by atoms with Gasteiger partial charge in [-0.2, -0.15) is 11.0 Å². The number of rotatable bonds is 4. The summed E-state index contributed by atoms with van der Waals surface area (Å²) in [4.78, 5) is 24.1. The molecule has 4 rings (SSSR count). The van der Waals surface area contributed by atoms with Gasteiger partial charge in [-0.1, -0.05) is 48.5 Å². The van der Waals surface area contributed by atoms with Crippen LogP contribution in [-0.2, 0) is 21.6 Å². The molecule has 1 unspecified atom stereocenters. The SMILES string of the molecule is CC1(C[C@@H]2CCc3ccccc3ON2)C[C@](C(N)=O)(c2ccccc2)NO1. The van der Waals surface area contributed by atoms with Gasteiger partial charge in [0.2, 0.25) is 5.91 Å². The Hall–Kier alpha value is -2.41. The Balaban J connectivity index is 1.49. The van der Waals surface area contributed by atoms with Crippen molar-refractivity contribution in [3.8, 4) is 5.75 Å². The van der Waals surface area contributed by atoms with Crippen molar-refractivity contribution in [2.24, 2.45) is 5.73 Å². The Kier molecular flexibility index (Phi) is 4.63. The van der Waals surface area contributed by atoms with Crippen molar-refractivity contribution in [2.45, 2.75) is 49.8 Å². The summed E-state index contributed by atoms with van der Waals surface area (Å²) < 4.78 is 0. The highest BCUT2D eigenvalue weighted by Gasteiger charge is 2.52. The molecule has 1 amide bonds. The van der Waals surface area contributed by atoms with Crippen LogP contribution in [0.2, 0.25) is 0 Å². The van der Waals surface area contributed by atoms with Gasteiger partial charge in [0.15, 0.2) is 0 Å². The van der Waals surface area contributed by atoms with Crippen molar-refractivity contribution in [2.75, 3.05) is 0 Å². The maximum atomic E-state index is 12.3. The molecule has 27 heavy (non-hydrogen) atoms. The van der Waals surface area contributed by atoms with Crippen LogP contribution in [0.1, 0.15) is 37.3 Å². The largest absolute Gasteiger partial charge is 0.408 e. The molecule has 142 valence electrons. The van der Waals surface area contributed by atoms with E-state index in [-0.39, 0.29) is 6.04 Å². The topological polar surface area (TPSA) is 85.6 Å². The second kappa shape index (κ2) is 6.96. The lowest BCUT2D eigenvalue weighted by Crippen LogP contribution is -2.48. The van der Waals surface area contributed by atoms with Crippen LogP contribution >= 0.6 is 0 Å². The zero-order chi connectivity index (χ0) is 18.9. The number of para-hydroxylation sites is 1. The van der Waals surface area contributed by atoms with Crippen LogP contribution in [0.5, 0.6) is 5.75 Å². The first-order valence-electron chi connectivity index (χ1n) is 9.32. The summed E-state index contributed by atoms with van der Waals surface area (Å²) in [7, 11) is 0. The molecule has 0 aliphatic carbocycles. The van der Waals surface area contributed by atoms with Crippen LogP contribution in [0.3, 0.4) is 0 Å². The van der Waals surface area contributed by atoms with Crippen molar-refractivity contribution in [3.63, 3.8) is 0 Å². The number of hydrogen-bond acceptors (Lipinski definition) is 5. The van der Waals surface area contributed by atoms with E-state index in [2.05, 4.69) is 17.0 Å². The zero-order valence-electron chi connectivity index (χ0n) is 15.4. The first-order valence-corrected chi connectivity index (χ1v) is 9.32. The van der Waals surface area contributed by atoms with Gasteiger partial charge < -0.3 is 10.6 Å². The molecule has 6 heteroatoms. The van der Waals surface area contributed by atoms with Gasteiger partial charge in [0.05, 0.1) is 5.60 Å². The minimum absolute atomic E-state index is 0.101. The number of benzene rings is 2. The van der Waals surface area contributed by atoms with Gasteiger partial charge in [0, 0.05) is 12.5 Å². The quantitative estimate of drug-likeness (QED) is 0.772. The van der Waals surface area contributed by atoms with E-state index in [1.165, 1.54) is 5.56 Å². The summed E-state index contributed by atoms with van der Waals surface area (Å²) in [5.41, 5.74) is 12.3. The third kappa shape index (κ3) is 3.43. The van der Waals surface area contributed by atoms with Crippen molar-refractivity contribution in [3.05, 3.63) is 65.7 Å². The summed E-state index contributed by atoms with van der Waals surface area (Å²) in [6.45, 7) is 2.01. The Morgan fingerprint density at radius 2 is 1.93 bits per heavy atom. The van der Waals surface area contributed by atoms with Crippen LogP contribution in [0.25, 0.3) is 0 Å². The fourth-order valence-electron chi connectivity index (χ4n) is 4.13. The van der Waals surface area contributed by atoms with Crippen LogP contribution < -0.4 is 21.5 Å². The minimum Gasteiger partial charge on any atom is -0.408 e. The summed E-state index contributed by atoms with van der Waals surface area (Å²) in [6.07, 6.45) is 3.00. The summed E-state index contributed by atoms with van der Waals surface area (Å²) in [5, 5.41) is 0. The van der Waals surface area contributed by atoms with Gasteiger partial charge in [0.1, 0.15) is 11.3 Å². The number of carbonyl (C=O) groups excluding carboxylic acids is 1. The highest BCUT2D eigenvalue weighted by atomic mass is 16.7. The maximum absolute atomic E-state index is 12.3. The number of fused-ring (bicyclic) bond motifs is 1. The molecule has 0 saturated carbocycles. The van der Waals surface area contributed by atoms with Crippen molar-refractivity contribution in [1.29, 1.82) is 0 Å². The molecule has 4 N–H and O–H groups in total. The van der Waals surface area contributed by atoms with E-state index in [4.69, 9.17) is 15.4 Å². The highest BCUT2D eigenvalue weighted by Crippen LogP contribution is 2.41. The van der Waals surface area contributed by atoms with E-state index in [1.807, 2.05) is 55.5 Å². The van der Waals surface area contributed by atoms with Gasteiger partial charge in [-0.3, -0.25) is 9.63 Å². The molecule has 0 bridgehead atoms. The van der Waals surface area contributed by atoms with E-state index in [0.29, 0.717) is 12.8 Å². The molecule has 2 aliphatic heterocycles. The van der Waals surface area contributed by atoms with Crippen molar-refractivity contribution in [1.82, 2.24) is 11.0 Å². The molecular weight excluding hydrogens is 342 g/mol. The summed E-state index contributed by atoms with van der Waals surface area (Å²) in [5.74, 6) is 0.432. The normalized spacial score (nSPS) is 30.2. The maximum Gasteiger partial charge on any atom is 0.244 e. The van der Waals surface area contributed by atoms with Gasteiger partial charge in [-0.15, -0.1) is 0 Å². The molecule has 1 saturated heterocycles. The molecule has 0 spiro atoms. The second-order valence-electron chi connectivity index (χ2n) is 7.73. The van der Waals surface area contributed by atoms with Gasteiger partial charge in [-0.05, 0) is 43.4 Å². The zero-order valence-corrected chi connectivity index (χ0v) is 15.4. The molecular formula is C21H25N3O3. The lowest BCUT2D eigenvalue weighted by molar-refractivity contribution is -0.127. The third-order valence-corrected chi connectivity index (χ3v) is 5.55. The van der Waals surface area contributed by atoms with Crippen molar-refractivity contribution < 1.29 is 14.5 Å². The number of amides is 1. The first-order chi connectivity index (χ1) is 13.0. The van der Waals surface area contributed by atoms with E-state index < -0.39 is 17.0 Å². The summed E-state index contributed by atoms with van der Waals surface area (Å²) >= 11 is 0. The third-order valence-electron chi connectivity index (χ3n) is 5.55.